The van der Waals surface area contributed by atoms with Crippen molar-refractivity contribution in [3.05, 3.63) is 33.1 Å². The Balaban J connectivity index is 0. The number of ether oxygens (including phenoxy) is 1. The van der Waals surface area contributed by atoms with E-state index >= 15 is 0 Å². The fourth-order valence-corrected chi connectivity index (χ4v) is 5.11. The van der Waals surface area contributed by atoms with Crippen LogP contribution >= 0.6 is 15.6 Å². The predicted molar refractivity (Wildman–Crippen MR) is 103 cm³/mol. The molecule has 0 spiro atoms. The van der Waals surface area contributed by atoms with E-state index in [0.29, 0.717) is 4.57 Å². The molecule has 2 rings (SSSR count). The minimum Gasteiger partial charge on any atom is -0.789 e. The van der Waals surface area contributed by atoms with E-state index in [2.05, 4.69) is 13.4 Å². The number of aromatic nitrogens is 2. The van der Waals surface area contributed by atoms with E-state index in [4.69, 9.17) is 4.74 Å². The summed E-state index contributed by atoms with van der Waals surface area (Å²) < 4.78 is 42.2. The van der Waals surface area contributed by atoms with Gasteiger partial charge in [-0.2, -0.15) is 0 Å². The first kappa shape index (κ1) is 43.0. The molecule has 1 aromatic rings. The van der Waals surface area contributed by atoms with Crippen LogP contribution in [0.2, 0.25) is 0 Å². The number of carbonyl (C=O) groups is 2. The molecule has 2 heterocycles. The number of phosphoric ester groups is 1. The van der Waals surface area contributed by atoms with Crippen molar-refractivity contribution in [2.24, 2.45) is 0 Å². The minimum atomic E-state index is -6.26. The van der Waals surface area contributed by atoms with Crippen molar-refractivity contribution >= 4 is 27.9 Å². The zero-order valence-electron chi connectivity index (χ0n) is 20.9. The van der Waals surface area contributed by atoms with Crippen LogP contribution in [0.4, 0.5) is 0 Å². The van der Waals surface area contributed by atoms with Crippen LogP contribution in [0, 0.1) is 0 Å². The number of H-pyrrole nitrogens is 1. The molecule has 1 saturated heterocycles. The van der Waals surface area contributed by atoms with Crippen molar-refractivity contribution in [3.63, 3.8) is 0 Å². The first-order valence-corrected chi connectivity index (χ1v) is 12.6. The molecule has 1 aliphatic rings. The van der Waals surface area contributed by atoms with Gasteiger partial charge < -0.3 is 59.3 Å². The average molecular weight is 646 g/mol. The van der Waals surface area contributed by atoms with Crippen molar-refractivity contribution < 1.29 is 166 Å². The minimum absolute atomic E-state index is 0. The number of rotatable bonds is 13. The van der Waals surface area contributed by atoms with Crippen LogP contribution in [0.1, 0.15) is 6.23 Å². The molecule has 0 aromatic carbocycles. The summed E-state index contributed by atoms with van der Waals surface area (Å²) in [5.41, 5.74) is -1.89. The van der Waals surface area contributed by atoms with E-state index in [1.807, 2.05) is 4.98 Å². The van der Waals surface area contributed by atoms with Gasteiger partial charge in [-0.1, -0.05) is 0 Å². The Morgan fingerprint density at radius 1 is 1.12 bits per heavy atom. The van der Waals surface area contributed by atoms with Crippen LogP contribution in [-0.2, 0) is 36.8 Å². The molecule has 25 heteroatoms. The van der Waals surface area contributed by atoms with Gasteiger partial charge in [0.05, 0.1) is 20.4 Å². The maximum Gasteiger partial charge on any atom is 1.00 e. The first-order valence-electron chi connectivity index (χ1n) is 9.69. The Morgan fingerprint density at radius 3 is 2.17 bits per heavy atom. The quantitative estimate of drug-likeness (QED) is 0.0658. The van der Waals surface area contributed by atoms with Gasteiger partial charge in [0.2, 0.25) is 0 Å². The van der Waals surface area contributed by atoms with Gasteiger partial charge in [-0.15, -0.1) is 0 Å². The molecule has 1 fully saturated rings. The molecule has 6 N–H and O–H groups in total. The van der Waals surface area contributed by atoms with Gasteiger partial charge in [0.15, 0.2) is 18.6 Å². The van der Waals surface area contributed by atoms with Crippen molar-refractivity contribution in [3.8, 4) is 0 Å². The number of aliphatic carboxylic acids is 1. The molecule has 9 atom stereocenters. The summed E-state index contributed by atoms with van der Waals surface area (Å²) in [4.78, 5) is 68.9. The Labute approximate surface area is 289 Å². The van der Waals surface area contributed by atoms with Gasteiger partial charge in [-0.05, 0) is 0 Å². The average Bonchev–Trinajstić information content (AvgIpc) is 3.07. The van der Waals surface area contributed by atoms with Crippen LogP contribution < -0.4 is 115 Å². The predicted octanol–water partition coefficient (Wildman–Crippen LogP) is -16.4. The van der Waals surface area contributed by atoms with Crippen LogP contribution in [0.5, 0.6) is 0 Å². The second-order valence-corrected chi connectivity index (χ2v) is 10.2. The van der Waals surface area contributed by atoms with Crippen molar-refractivity contribution in [2.75, 3.05) is 6.61 Å². The van der Waals surface area contributed by atoms with Crippen LogP contribution in [0.3, 0.4) is 0 Å². The normalized spacial score (nSPS) is 25.1. The smallest absolute Gasteiger partial charge is 0.789 e. The number of aliphatic hydroxyl groups is 5. The molecular weight excluding hydrogens is 627 g/mol. The Hall–Kier alpha value is 0.840. The first-order chi connectivity index (χ1) is 17.0. The molecule has 0 saturated carbocycles. The standard InChI is InChI=1S/C15H22N2O18P2.3Na/c18-3-5(8(20)10(22)12(24)14(25)26)34-37(31,35-36(28,29)30)32-4-6-9(21)11(23)13(33-6)17-2-1-7(19)16-15(17)27;;;/h1-3,5-6,8-13,20-24H,4H2,(H,25,26)(H,16,19,27)(H2,28,29,30);;;/q;3*+1/p-3/t5-,6+,8+,9+,10-,11+,12-,13+,37?;;;/m0.../s1. The molecule has 1 aliphatic heterocycles. The third-order valence-corrected chi connectivity index (χ3v) is 7.26. The summed E-state index contributed by atoms with van der Waals surface area (Å²) in [6.45, 7) is -1.24. The number of aldehydes is 1. The topological polar surface area (TPSA) is 330 Å². The maximum atomic E-state index is 12.7. The van der Waals surface area contributed by atoms with Gasteiger partial charge in [-0.3, -0.25) is 27.7 Å². The number of carboxylic acid groups (broad SMARTS) is 1. The van der Waals surface area contributed by atoms with E-state index in [1.54, 1.807) is 0 Å². The summed E-state index contributed by atoms with van der Waals surface area (Å²) in [5.74, 6) is -2.32. The number of aromatic amines is 1. The number of hydrogen-bond donors (Lipinski definition) is 6. The van der Waals surface area contributed by atoms with E-state index in [9.17, 15) is 68.7 Å². The number of carbonyl (C=O) groups excluding carboxylic acids is 2. The fourth-order valence-electron chi connectivity index (χ4n) is 2.92. The third-order valence-electron chi connectivity index (χ3n) is 4.70. The van der Waals surface area contributed by atoms with E-state index in [1.165, 1.54) is 0 Å². The second-order valence-electron chi connectivity index (χ2n) is 7.29. The van der Waals surface area contributed by atoms with Crippen LogP contribution in [-0.4, -0.2) is 96.7 Å². The SMILES string of the molecule is O=C[C@H](OP(=O)(OC[C@H]1O[C@@H](n2ccc(=O)[nH]c2=O)[C@H](O)[C@@H]1O)OP(=O)([O-])[O-])[C@@H](O)[C@H](O)[C@H](O)C(=O)[O-].[Na+].[Na+].[Na+]. The van der Waals surface area contributed by atoms with E-state index in [-0.39, 0.29) is 88.7 Å². The van der Waals surface area contributed by atoms with Crippen LogP contribution in [0.25, 0.3) is 0 Å². The number of nitrogens with zero attached hydrogens (tertiary/aromatic N) is 1. The molecule has 20 nitrogen and oxygen atoms in total. The number of aliphatic hydroxyl groups excluding tert-OH is 5. The van der Waals surface area contributed by atoms with E-state index in [0.717, 1.165) is 12.3 Å². The fraction of sp³-hybridized carbons (Fsp3) is 0.600. The second kappa shape index (κ2) is 18.0. The Morgan fingerprint density at radius 2 is 1.70 bits per heavy atom. The molecule has 0 aliphatic carbocycles. The van der Waals surface area contributed by atoms with Crippen molar-refractivity contribution in [1.82, 2.24) is 9.55 Å². The monoisotopic (exact) mass is 646 g/mol. The molecule has 0 amide bonds. The zero-order valence-corrected chi connectivity index (χ0v) is 28.7. The summed E-state index contributed by atoms with van der Waals surface area (Å²) >= 11 is 0. The molecule has 1 unspecified atom stereocenters. The molecule has 1 aromatic heterocycles. The molecule has 210 valence electrons. The molecule has 40 heavy (non-hydrogen) atoms. The number of phosphoric acid groups is 2. The third kappa shape index (κ3) is 11.7. The number of carboxylic acids is 1. The summed E-state index contributed by atoms with van der Waals surface area (Å²) in [6, 6.07) is 0.861. The van der Waals surface area contributed by atoms with E-state index < -0.39 is 94.7 Å². The van der Waals surface area contributed by atoms with Crippen molar-refractivity contribution in [2.45, 2.75) is 49.0 Å². The van der Waals surface area contributed by atoms with Gasteiger partial charge in [0, 0.05) is 12.3 Å². The number of nitrogens with one attached hydrogen (secondary N) is 1. The van der Waals surface area contributed by atoms with Gasteiger partial charge in [0.25, 0.3) is 5.56 Å². The Kier molecular flexibility index (Phi) is 19.3. The molecular formula is C15H19N2Na3O18P2. The van der Waals surface area contributed by atoms with Crippen molar-refractivity contribution in [1.29, 1.82) is 0 Å². The maximum absolute atomic E-state index is 12.7. The summed E-state index contributed by atoms with van der Waals surface area (Å²) in [5, 5.41) is 59.6. The molecule has 0 radical (unpaired) electrons. The van der Waals surface area contributed by atoms with Crippen LogP contribution in [0.15, 0.2) is 21.9 Å². The van der Waals surface area contributed by atoms with Gasteiger partial charge >= 0.3 is 102 Å². The van der Waals surface area contributed by atoms with Gasteiger partial charge in [-0.25, -0.2) is 9.36 Å². The number of hydrogen-bond acceptors (Lipinski definition) is 18. The Bertz CT molecular complexity index is 1190. The van der Waals surface area contributed by atoms with Gasteiger partial charge in [0.1, 0.15) is 36.6 Å². The zero-order chi connectivity index (χ0) is 28.3. The summed E-state index contributed by atoms with van der Waals surface area (Å²) in [7, 11) is -12.1. The summed E-state index contributed by atoms with van der Waals surface area (Å²) in [6.07, 6.45) is -17.8. The largest absolute Gasteiger partial charge is 1.00 e. The molecule has 0 bridgehead atoms.